The van der Waals surface area contributed by atoms with Crippen LogP contribution >= 0.6 is 0 Å². The van der Waals surface area contributed by atoms with Gasteiger partial charge in [-0.3, -0.25) is 24.0 Å². The SMILES string of the molecule is CC(=O)O.C[C@H]1NC(=O)[C@H]([C@@H](C)O)NC(=O)c2coc(n2)[C@@H](Cc2ccccc2)NC(=O)c2cc(on2)CNCCNC1=O. The standard InChI is InChI=1S/C26H31N7O7.C2H4O2/c1-14-22(35)28-9-8-27-12-17-11-18(33-40-17)23(36)30-19(10-16-6-4-3-5-7-16)26-31-20(13-39-26)24(37)32-21(15(2)34)25(38)29-14;1-2(3)4/h3-7,11,13-15,19,21,27,34H,8-10,12H2,1-2H3,(H,28,35)(H,29,38)(H,30,36)(H,32,37);1H3,(H,3,4)/t14-,15-,19-,21+;/m1./s1. The number of nitrogens with zero attached hydrogens (tertiary/aromatic N) is 2. The molecule has 0 radical (unpaired) electrons. The van der Waals surface area contributed by atoms with Crippen molar-refractivity contribution in [2.75, 3.05) is 13.1 Å². The summed E-state index contributed by atoms with van der Waals surface area (Å²) in [6, 6.07) is 7.69. The first-order valence-corrected chi connectivity index (χ1v) is 13.7. The van der Waals surface area contributed by atoms with Crippen molar-refractivity contribution in [2.24, 2.45) is 0 Å². The molecule has 16 heteroatoms. The van der Waals surface area contributed by atoms with Crippen molar-refractivity contribution in [3.8, 4) is 0 Å². The predicted molar refractivity (Wildman–Crippen MR) is 152 cm³/mol. The minimum atomic E-state index is -1.38. The first-order valence-electron chi connectivity index (χ1n) is 13.7. The number of carbonyl (C=O) groups is 5. The first kappa shape index (κ1) is 33.4. The van der Waals surface area contributed by atoms with E-state index in [0.29, 0.717) is 12.3 Å². The first-order chi connectivity index (χ1) is 20.9. The van der Waals surface area contributed by atoms with Crippen LogP contribution in [0.3, 0.4) is 0 Å². The third-order valence-corrected chi connectivity index (χ3v) is 6.14. The molecule has 0 unspecified atom stereocenters. The van der Waals surface area contributed by atoms with E-state index in [1.54, 1.807) is 0 Å². The van der Waals surface area contributed by atoms with E-state index in [9.17, 15) is 24.3 Å². The smallest absolute Gasteiger partial charge is 0.300 e. The van der Waals surface area contributed by atoms with E-state index in [1.807, 2.05) is 30.3 Å². The fraction of sp³-hybridized carbons (Fsp3) is 0.393. The van der Waals surface area contributed by atoms with Crippen LogP contribution in [0.4, 0.5) is 0 Å². The number of carbonyl (C=O) groups excluding carboxylic acids is 4. The van der Waals surface area contributed by atoms with Crippen molar-refractivity contribution in [2.45, 2.75) is 58.0 Å². The number of aromatic nitrogens is 2. The molecule has 16 nitrogen and oxygen atoms in total. The zero-order valence-corrected chi connectivity index (χ0v) is 24.3. The molecule has 0 saturated heterocycles. The molecule has 7 N–H and O–H groups in total. The highest BCUT2D eigenvalue weighted by molar-refractivity contribution is 5.97. The molecule has 3 aromatic rings. The molecule has 0 spiro atoms. The average molecular weight is 614 g/mol. The monoisotopic (exact) mass is 613 g/mol. The van der Waals surface area contributed by atoms with E-state index in [1.165, 1.54) is 19.9 Å². The third-order valence-electron chi connectivity index (χ3n) is 6.14. The van der Waals surface area contributed by atoms with Crippen LogP contribution in [0.15, 0.2) is 51.6 Å². The number of carboxylic acid groups (broad SMARTS) is 1. The Morgan fingerprint density at radius 1 is 1.02 bits per heavy atom. The van der Waals surface area contributed by atoms with Crippen LogP contribution in [0.5, 0.6) is 0 Å². The highest BCUT2D eigenvalue weighted by atomic mass is 16.5. The lowest BCUT2D eigenvalue weighted by Crippen LogP contribution is -2.56. The Bertz CT molecular complexity index is 1430. The summed E-state index contributed by atoms with van der Waals surface area (Å²) in [5, 5.41) is 34.9. The summed E-state index contributed by atoms with van der Waals surface area (Å²) < 4.78 is 10.8. The minimum Gasteiger partial charge on any atom is -0.481 e. The topological polar surface area (TPSA) is 238 Å². The summed E-state index contributed by atoms with van der Waals surface area (Å²) in [4.78, 5) is 64.4. The molecule has 0 saturated carbocycles. The number of carboxylic acids is 1. The number of aliphatic hydroxyl groups is 1. The molecule has 1 aliphatic heterocycles. The maximum atomic E-state index is 13.0. The lowest BCUT2D eigenvalue weighted by Gasteiger charge is -2.22. The lowest BCUT2D eigenvalue weighted by atomic mass is 10.1. The number of rotatable bonds is 3. The van der Waals surface area contributed by atoms with Crippen LogP contribution in [-0.4, -0.2) is 81.2 Å². The Morgan fingerprint density at radius 2 is 1.70 bits per heavy atom. The number of nitrogens with one attached hydrogen (secondary N) is 5. The van der Waals surface area contributed by atoms with Crippen LogP contribution in [0.1, 0.15) is 65.0 Å². The number of benzene rings is 1. The van der Waals surface area contributed by atoms with Crippen molar-refractivity contribution in [3.63, 3.8) is 0 Å². The van der Waals surface area contributed by atoms with E-state index in [2.05, 4.69) is 36.7 Å². The normalized spacial score (nSPS) is 20.8. The number of oxazole rings is 1. The molecular formula is C28H35N7O9. The summed E-state index contributed by atoms with van der Waals surface area (Å²) in [7, 11) is 0. The molecule has 236 valence electrons. The molecule has 0 aliphatic carbocycles. The molecule has 4 bridgehead atoms. The maximum Gasteiger partial charge on any atom is 0.300 e. The average Bonchev–Trinajstić information content (AvgIpc) is 3.65. The summed E-state index contributed by atoms with van der Waals surface area (Å²) in [6.45, 7) is 4.76. The van der Waals surface area contributed by atoms with Gasteiger partial charge >= 0.3 is 0 Å². The summed E-state index contributed by atoms with van der Waals surface area (Å²) in [5.41, 5.74) is 0.736. The van der Waals surface area contributed by atoms with Crippen LogP contribution in [-0.2, 0) is 27.3 Å². The summed E-state index contributed by atoms with van der Waals surface area (Å²) in [5.74, 6) is -2.94. The fourth-order valence-corrected chi connectivity index (χ4v) is 3.97. The second-order valence-corrected chi connectivity index (χ2v) is 9.87. The quantitative estimate of drug-likeness (QED) is 0.201. The Hall–Kier alpha value is -5.09. The van der Waals surface area contributed by atoms with Crippen LogP contribution in [0, 0.1) is 0 Å². The molecule has 4 rings (SSSR count). The number of hydrogen-bond donors (Lipinski definition) is 7. The van der Waals surface area contributed by atoms with Crippen molar-refractivity contribution < 1.29 is 43.1 Å². The number of hydrogen-bond acceptors (Lipinski definition) is 11. The van der Waals surface area contributed by atoms with Gasteiger partial charge in [0.2, 0.25) is 17.7 Å². The molecule has 44 heavy (non-hydrogen) atoms. The molecule has 1 aliphatic rings. The van der Waals surface area contributed by atoms with Gasteiger partial charge < -0.3 is 45.7 Å². The van der Waals surface area contributed by atoms with Gasteiger partial charge in [0, 0.05) is 32.5 Å². The van der Waals surface area contributed by atoms with Crippen LogP contribution < -0.4 is 26.6 Å². The minimum absolute atomic E-state index is 0.0387. The zero-order valence-electron chi connectivity index (χ0n) is 24.3. The van der Waals surface area contributed by atoms with Gasteiger partial charge in [-0.15, -0.1) is 0 Å². The number of fused-ring (bicyclic) bond motifs is 4. The molecular weight excluding hydrogens is 578 g/mol. The molecule has 0 fully saturated rings. The lowest BCUT2D eigenvalue weighted by molar-refractivity contribution is -0.134. The second-order valence-electron chi connectivity index (χ2n) is 9.87. The van der Waals surface area contributed by atoms with E-state index in [0.717, 1.165) is 18.8 Å². The number of aliphatic carboxylic acids is 1. The summed E-state index contributed by atoms with van der Waals surface area (Å²) >= 11 is 0. The molecule has 2 aromatic heterocycles. The highest BCUT2D eigenvalue weighted by Crippen LogP contribution is 2.20. The van der Waals surface area contributed by atoms with Gasteiger partial charge in [-0.05, 0) is 19.4 Å². The second kappa shape index (κ2) is 15.9. The fourth-order valence-electron chi connectivity index (χ4n) is 3.97. The van der Waals surface area contributed by atoms with Crippen molar-refractivity contribution in [3.05, 3.63) is 71.3 Å². The Labute approximate surface area is 252 Å². The van der Waals surface area contributed by atoms with E-state index >= 15 is 0 Å². The summed E-state index contributed by atoms with van der Waals surface area (Å²) in [6.07, 6.45) is 0.0971. The number of amides is 4. The number of aliphatic hydroxyl groups excluding tert-OH is 1. The largest absolute Gasteiger partial charge is 0.481 e. The molecule has 1 aromatic carbocycles. The highest BCUT2D eigenvalue weighted by Gasteiger charge is 2.30. The van der Waals surface area contributed by atoms with Gasteiger partial charge in [-0.1, -0.05) is 35.5 Å². The third kappa shape index (κ3) is 10.0. The Balaban J connectivity index is 0.00000124. The van der Waals surface area contributed by atoms with Crippen molar-refractivity contribution >= 4 is 29.6 Å². The molecule has 4 atom stereocenters. The van der Waals surface area contributed by atoms with Gasteiger partial charge in [0.1, 0.15) is 24.4 Å². The van der Waals surface area contributed by atoms with Gasteiger partial charge in [0.15, 0.2) is 17.1 Å². The van der Waals surface area contributed by atoms with Gasteiger partial charge in [0.05, 0.1) is 12.6 Å². The zero-order chi connectivity index (χ0) is 32.2. The van der Waals surface area contributed by atoms with Crippen molar-refractivity contribution in [1.82, 2.24) is 36.7 Å². The van der Waals surface area contributed by atoms with Crippen LogP contribution in [0.25, 0.3) is 0 Å². The van der Waals surface area contributed by atoms with Gasteiger partial charge in [-0.25, -0.2) is 4.98 Å². The van der Waals surface area contributed by atoms with Crippen LogP contribution in [0.2, 0.25) is 0 Å². The van der Waals surface area contributed by atoms with Crippen molar-refractivity contribution in [1.29, 1.82) is 0 Å². The molecule has 3 heterocycles. The van der Waals surface area contributed by atoms with E-state index in [4.69, 9.17) is 18.8 Å². The predicted octanol–water partition coefficient (Wildman–Crippen LogP) is -0.329. The van der Waals surface area contributed by atoms with E-state index in [-0.39, 0.29) is 36.8 Å². The van der Waals surface area contributed by atoms with E-state index < -0.39 is 53.8 Å². The van der Waals surface area contributed by atoms with Gasteiger partial charge in [0.25, 0.3) is 17.8 Å². The Morgan fingerprint density at radius 3 is 2.39 bits per heavy atom. The maximum absolute atomic E-state index is 13.0. The molecule has 4 amide bonds. The Kier molecular flexibility index (Phi) is 12.1. The van der Waals surface area contributed by atoms with Gasteiger partial charge in [-0.2, -0.15) is 0 Å².